The second-order valence-corrected chi connectivity index (χ2v) is 5.38. The third-order valence-electron chi connectivity index (χ3n) is 2.93. The van der Waals surface area contributed by atoms with Crippen molar-refractivity contribution < 1.29 is 19.4 Å². The summed E-state index contributed by atoms with van der Waals surface area (Å²) in [7, 11) is 1.56. The summed E-state index contributed by atoms with van der Waals surface area (Å²) >= 11 is 1.10. The van der Waals surface area contributed by atoms with Gasteiger partial charge >= 0.3 is 5.97 Å². The average Bonchev–Trinajstić information content (AvgIpc) is 2.80. The maximum absolute atomic E-state index is 12.1. The van der Waals surface area contributed by atoms with Crippen LogP contribution in [0, 0.1) is 6.92 Å². The number of ether oxygens (including phenoxy) is 1. The van der Waals surface area contributed by atoms with Crippen LogP contribution in [-0.4, -0.2) is 24.1 Å². The number of carboxylic acids is 1. The second-order valence-electron chi connectivity index (χ2n) is 4.50. The van der Waals surface area contributed by atoms with Crippen LogP contribution in [0.1, 0.15) is 20.8 Å². The van der Waals surface area contributed by atoms with Crippen LogP contribution >= 0.6 is 11.3 Å². The first kappa shape index (κ1) is 15.1. The number of rotatable bonds is 5. The fourth-order valence-corrected chi connectivity index (χ4v) is 2.75. The molecule has 0 atom stereocenters. The predicted molar refractivity (Wildman–Crippen MR) is 81.3 cm³/mol. The van der Waals surface area contributed by atoms with Crippen molar-refractivity contribution in [1.29, 1.82) is 0 Å². The third-order valence-corrected chi connectivity index (χ3v) is 4.02. The second kappa shape index (κ2) is 6.41. The van der Waals surface area contributed by atoms with Gasteiger partial charge in [0.15, 0.2) is 0 Å². The number of hydrogen-bond donors (Lipinski definition) is 2. The lowest BCUT2D eigenvalue weighted by Gasteiger charge is -2.07. The minimum Gasteiger partial charge on any atom is -0.497 e. The molecule has 0 aliphatic rings. The smallest absolute Gasteiger partial charge is 0.348 e. The molecule has 0 radical (unpaired) electrons. The largest absolute Gasteiger partial charge is 0.497 e. The molecule has 2 rings (SSSR count). The number of aryl methyl sites for hydroxylation is 1. The highest BCUT2D eigenvalue weighted by Gasteiger charge is 2.17. The monoisotopic (exact) mass is 305 g/mol. The number of thiophene rings is 1. The highest BCUT2D eigenvalue weighted by atomic mass is 32.1. The minimum absolute atomic E-state index is 0.145. The molecule has 6 heteroatoms. The molecule has 110 valence electrons. The molecule has 0 spiro atoms. The molecule has 2 N–H and O–H groups in total. The van der Waals surface area contributed by atoms with E-state index in [4.69, 9.17) is 9.84 Å². The first-order valence-electron chi connectivity index (χ1n) is 6.25. The van der Waals surface area contributed by atoms with Crippen LogP contribution in [0.4, 0.5) is 5.69 Å². The van der Waals surface area contributed by atoms with E-state index >= 15 is 0 Å². The van der Waals surface area contributed by atoms with Crippen molar-refractivity contribution in [1.82, 2.24) is 0 Å². The fourth-order valence-electron chi connectivity index (χ4n) is 1.91. The molecule has 0 unspecified atom stereocenters. The van der Waals surface area contributed by atoms with Gasteiger partial charge in [0.25, 0.3) is 0 Å². The third kappa shape index (κ3) is 3.61. The van der Waals surface area contributed by atoms with Crippen molar-refractivity contribution in [2.24, 2.45) is 0 Å². The van der Waals surface area contributed by atoms with Crippen LogP contribution in [0.25, 0.3) is 0 Å². The number of benzene rings is 1. The number of carbonyl (C=O) groups is 2. The van der Waals surface area contributed by atoms with Crippen LogP contribution in [0.5, 0.6) is 5.75 Å². The van der Waals surface area contributed by atoms with E-state index in [1.165, 1.54) is 0 Å². The number of anilines is 1. The van der Waals surface area contributed by atoms with Crippen molar-refractivity contribution in [2.45, 2.75) is 13.3 Å². The number of methoxy groups -OCH3 is 1. The maximum Gasteiger partial charge on any atom is 0.348 e. The lowest BCUT2D eigenvalue weighted by Crippen LogP contribution is -2.16. The maximum atomic E-state index is 12.1. The summed E-state index contributed by atoms with van der Waals surface area (Å²) in [6.45, 7) is 1.77. The van der Waals surface area contributed by atoms with Crippen molar-refractivity contribution in [2.75, 3.05) is 12.4 Å². The molecule has 21 heavy (non-hydrogen) atoms. The topological polar surface area (TPSA) is 75.6 Å². The fraction of sp³-hybridized carbons (Fsp3) is 0.200. The molecule has 1 aromatic heterocycles. The molecular formula is C15H15NO4S. The molecule has 0 saturated carbocycles. The molecule has 5 nitrogen and oxygen atoms in total. The van der Waals surface area contributed by atoms with Gasteiger partial charge in [0.1, 0.15) is 10.6 Å². The lowest BCUT2D eigenvalue weighted by atomic mass is 10.1. The Hall–Kier alpha value is -2.34. The lowest BCUT2D eigenvalue weighted by molar-refractivity contribution is -0.115. The Labute approximate surface area is 126 Å². The normalized spacial score (nSPS) is 10.2. The minimum atomic E-state index is -1.04. The molecule has 1 heterocycles. The van der Waals surface area contributed by atoms with Gasteiger partial charge in [0, 0.05) is 0 Å². The number of amides is 1. The summed E-state index contributed by atoms with van der Waals surface area (Å²) in [5.41, 5.74) is 1.92. The van der Waals surface area contributed by atoms with Gasteiger partial charge in [-0.05, 0) is 35.6 Å². The van der Waals surface area contributed by atoms with Crippen LogP contribution < -0.4 is 10.1 Å². The van der Waals surface area contributed by atoms with E-state index in [0.29, 0.717) is 11.4 Å². The summed E-state index contributed by atoms with van der Waals surface area (Å²) in [5.74, 6) is -0.615. The number of aromatic carboxylic acids is 1. The molecular weight excluding hydrogens is 290 g/mol. The summed E-state index contributed by atoms with van der Waals surface area (Å²) in [4.78, 5) is 23.3. The molecule has 1 amide bonds. The van der Waals surface area contributed by atoms with Gasteiger partial charge in [-0.3, -0.25) is 4.79 Å². The molecule has 0 fully saturated rings. The Bertz CT molecular complexity index is 678. The van der Waals surface area contributed by atoms with Crippen LogP contribution in [0.15, 0.2) is 29.6 Å². The summed E-state index contributed by atoms with van der Waals surface area (Å²) in [5, 5.41) is 13.5. The summed E-state index contributed by atoms with van der Waals surface area (Å²) < 4.78 is 5.10. The van der Waals surface area contributed by atoms with Gasteiger partial charge in [-0.2, -0.15) is 0 Å². The highest BCUT2D eigenvalue weighted by molar-refractivity contribution is 7.12. The Morgan fingerprint density at radius 1 is 1.38 bits per heavy atom. The molecule has 0 saturated heterocycles. The van der Waals surface area contributed by atoms with Gasteiger partial charge in [-0.1, -0.05) is 12.1 Å². The van der Waals surface area contributed by atoms with Gasteiger partial charge < -0.3 is 15.2 Å². The van der Waals surface area contributed by atoms with Gasteiger partial charge in [-0.15, -0.1) is 11.3 Å². The molecule has 0 aliphatic heterocycles. The molecule has 0 aliphatic carbocycles. The Morgan fingerprint density at radius 2 is 2.14 bits per heavy atom. The van der Waals surface area contributed by atoms with Gasteiger partial charge in [-0.25, -0.2) is 4.79 Å². The van der Waals surface area contributed by atoms with Crippen LogP contribution in [-0.2, 0) is 11.2 Å². The van der Waals surface area contributed by atoms with E-state index in [1.54, 1.807) is 37.6 Å². The number of carboxylic acid groups (broad SMARTS) is 1. The number of carbonyl (C=O) groups excluding carboxylic acids is 1. The Morgan fingerprint density at radius 3 is 2.81 bits per heavy atom. The molecule has 0 bridgehead atoms. The molecule has 2 aromatic rings. The zero-order valence-corrected chi connectivity index (χ0v) is 12.5. The molecule has 1 aromatic carbocycles. The van der Waals surface area contributed by atoms with E-state index in [9.17, 15) is 9.59 Å². The van der Waals surface area contributed by atoms with E-state index in [-0.39, 0.29) is 17.2 Å². The summed E-state index contributed by atoms with van der Waals surface area (Å²) in [6, 6.07) is 7.20. The van der Waals surface area contributed by atoms with E-state index < -0.39 is 5.97 Å². The van der Waals surface area contributed by atoms with Gasteiger partial charge in [0.2, 0.25) is 5.91 Å². The first-order chi connectivity index (χ1) is 10.0. The first-order valence-corrected chi connectivity index (χ1v) is 7.13. The van der Waals surface area contributed by atoms with Crippen molar-refractivity contribution >= 4 is 28.9 Å². The highest BCUT2D eigenvalue weighted by Crippen LogP contribution is 2.27. The number of hydrogen-bond acceptors (Lipinski definition) is 4. The predicted octanol–water partition coefficient (Wildman–Crippen LogP) is 2.94. The Kier molecular flexibility index (Phi) is 4.59. The van der Waals surface area contributed by atoms with Crippen molar-refractivity contribution in [3.63, 3.8) is 0 Å². The van der Waals surface area contributed by atoms with Crippen molar-refractivity contribution in [3.8, 4) is 5.75 Å². The zero-order chi connectivity index (χ0) is 15.4. The number of nitrogens with one attached hydrogen (secondary N) is 1. The van der Waals surface area contributed by atoms with Crippen LogP contribution in [0.2, 0.25) is 0 Å². The average molecular weight is 305 g/mol. The Balaban J connectivity index is 2.11. The zero-order valence-electron chi connectivity index (χ0n) is 11.7. The van der Waals surface area contributed by atoms with E-state index in [2.05, 4.69) is 5.32 Å². The van der Waals surface area contributed by atoms with Crippen LogP contribution in [0.3, 0.4) is 0 Å². The quantitative estimate of drug-likeness (QED) is 0.890. The van der Waals surface area contributed by atoms with E-state index in [0.717, 1.165) is 22.5 Å². The van der Waals surface area contributed by atoms with Crippen molar-refractivity contribution in [3.05, 3.63) is 45.6 Å². The SMILES string of the molecule is COc1cccc(CC(=O)Nc2c(C)csc2C(=O)O)c1. The van der Waals surface area contributed by atoms with Gasteiger partial charge in [0.05, 0.1) is 19.2 Å². The standard InChI is InChI=1S/C15H15NO4S/c1-9-8-21-14(15(18)19)13(9)16-12(17)7-10-4-3-5-11(6-10)20-2/h3-6,8H,7H2,1-2H3,(H,16,17)(H,18,19). The van der Waals surface area contributed by atoms with E-state index in [1.807, 2.05) is 6.07 Å². The summed E-state index contributed by atoms with van der Waals surface area (Å²) in [6.07, 6.45) is 0.158.